The van der Waals surface area contributed by atoms with Gasteiger partial charge in [0.1, 0.15) is 17.3 Å². The van der Waals surface area contributed by atoms with Crippen LogP contribution in [0.5, 0.6) is 11.5 Å². The fourth-order valence-electron chi connectivity index (χ4n) is 3.13. The number of halogens is 2. The van der Waals surface area contributed by atoms with Gasteiger partial charge < -0.3 is 20.1 Å². The van der Waals surface area contributed by atoms with E-state index in [0.717, 1.165) is 12.3 Å². The minimum atomic E-state index is -3.30. The van der Waals surface area contributed by atoms with E-state index in [1.165, 1.54) is 36.4 Å². The Labute approximate surface area is 195 Å². The Kier molecular flexibility index (Phi) is 7.28. The molecule has 2 aromatic rings. The first-order chi connectivity index (χ1) is 15.4. The number of hydrogen-bond donors (Lipinski definition) is 2. The number of carbonyl (C=O) groups excluding carboxylic acids is 2. The van der Waals surface area contributed by atoms with Crippen molar-refractivity contribution in [1.82, 2.24) is 10.6 Å². The lowest BCUT2D eigenvalue weighted by molar-refractivity contribution is -0.124. The molecule has 1 atom stereocenters. The lowest BCUT2D eigenvalue weighted by Crippen LogP contribution is -2.53. The van der Waals surface area contributed by atoms with Crippen LogP contribution < -0.4 is 20.1 Å². The molecule has 8 nitrogen and oxygen atoms in total. The smallest absolute Gasteiger partial charge is 0.262 e. The van der Waals surface area contributed by atoms with Crippen LogP contribution in [0.25, 0.3) is 0 Å². The van der Waals surface area contributed by atoms with Crippen LogP contribution in [0, 0.1) is 5.82 Å². The van der Waals surface area contributed by atoms with Crippen molar-refractivity contribution in [2.75, 3.05) is 19.5 Å². The Morgan fingerprint density at radius 1 is 1.06 bits per heavy atom. The van der Waals surface area contributed by atoms with Gasteiger partial charge in [-0.15, -0.1) is 0 Å². The highest BCUT2D eigenvalue weighted by Crippen LogP contribution is 2.28. The summed E-state index contributed by atoms with van der Waals surface area (Å²) in [7, 11) is -3.30. The van der Waals surface area contributed by atoms with Gasteiger partial charge in [-0.1, -0.05) is 11.6 Å². The summed E-state index contributed by atoms with van der Waals surface area (Å²) in [4.78, 5) is 24.3. The van der Waals surface area contributed by atoms with Crippen LogP contribution in [0.3, 0.4) is 0 Å². The molecule has 0 bridgehead atoms. The van der Waals surface area contributed by atoms with Crippen LogP contribution in [0.1, 0.15) is 13.3 Å². The quantitative estimate of drug-likeness (QED) is 0.552. The average molecular weight is 497 g/mol. The SMILES string of the molecule is CC1(NC(=O)COc2ccc(Cl)c(F)c2)C=C(NC(=O)COc2ccc(S(C)(=O)=O)cc2)C1. The molecular weight excluding hydrogens is 475 g/mol. The molecule has 176 valence electrons. The van der Waals surface area contributed by atoms with E-state index in [-0.39, 0.29) is 28.9 Å². The number of carbonyl (C=O) groups is 2. The van der Waals surface area contributed by atoms with Crippen LogP contribution in [-0.4, -0.2) is 45.2 Å². The maximum atomic E-state index is 13.4. The van der Waals surface area contributed by atoms with Gasteiger partial charge in [0.05, 0.1) is 15.5 Å². The lowest BCUT2D eigenvalue weighted by atomic mass is 9.84. The van der Waals surface area contributed by atoms with Gasteiger partial charge in [-0.3, -0.25) is 9.59 Å². The molecule has 1 unspecified atom stereocenters. The molecule has 0 spiro atoms. The largest absolute Gasteiger partial charge is 0.484 e. The zero-order valence-electron chi connectivity index (χ0n) is 17.9. The second-order valence-corrected chi connectivity index (χ2v) is 10.2. The zero-order valence-corrected chi connectivity index (χ0v) is 19.4. The first kappa shape index (κ1) is 24.5. The minimum absolute atomic E-state index is 0.0382. The monoisotopic (exact) mass is 496 g/mol. The van der Waals surface area contributed by atoms with Gasteiger partial charge in [0.15, 0.2) is 23.1 Å². The molecule has 2 aromatic carbocycles. The Morgan fingerprint density at radius 3 is 2.24 bits per heavy atom. The Hall–Kier alpha value is -3.11. The zero-order chi connectivity index (χ0) is 24.2. The summed E-state index contributed by atoms with van der Waals surface area (Å²) in [6.07, 6.45) is 3.20. The summed E-state index contributed by atoms with van der Waals surface area (Å²) in [5.41, 5.74) is -0.0316. The maximum Gasteiger partial charge on any atom is 0.262 e. The number of rotatable bonds is 9. The van der Waals surface area contributed by atoms with E-state index < -0.39 is 33.0 Å². The molecule has 1 aliphatic carbocycles. The van der Waals surface area contributed by atoms with Gasteiger partial charge in [-0.05, 0) is 49.4 Å². The van der Waals surface area contributed by atoms with Gasteiger partial charge in [-0.2, -0.15) is 0 Å². The van der Waals surface area contributed by atoms with Crippen LogP contribution in [0.15, 0.2) is 59.1 Å². The second-order valence-electron chi connectivity index (χ2n) is 7.76. The minimum Gasteiger partial charge on any atom is -0.484 e. The van der Waals surface area contributed by atoms with E-state index in [1.807, 2.05) is 0 Å². The number of nitrogens with one attached hydrogen (secondary N) is 2. The fourth-order valence-corrected chi connectivity index (χ4v) is 3.88. The third kappa shape index (κ3) is 6.93. The number of amides is 2. The molecule has 0 fully saturated rings. The van der Waals surface area contributed by atoms with Crippen molar-refractivity contribution in [3.63, 3.8) is 0 Å². The highest BCUT2D eigenvalue weighted by molar-refractivity contribution is 7.90. The first-order valence-electron chi connectivity index (χ1n) is 9.77. The highest BCUT2D eigenvalue weighted by Gasteiger charge is 2.34. The van der Waals surface area contributed by atoms with Crippen LogP contribution in [0.4, 0.5) is 4.39 Å². The molecule has 0 aromatic heterocycles. The van der Waals surface area contributed by atoms with Gasteiger partial charge in [0.25, 0.3) is 11.8 Å². The van der Waals surface area contributed by atoms with E-state index in [1.54, 1.807) is 13.0 Å². The van der Waals surface area contributed by atoms with Gasteiger partial charge in [-0.25, -0.2) is 12.8 Å². The molecule has 2 N–H and O–H groups in total. The van der Waals surface area contributed by atoms with Gasteiger partial charge >= 0.3 is 0 Å². The predicted octanol–water partition coefficient (Wildman–Crippen LogP) is 2.62. The van der Waals surface area contributed by atoms with E-state index in [4.69, 9.17) is 21.1 Å². The van der Waals surface area contributed by atoms with Crippen molar-refractivity contribution in [3.8, 4) is 11.5 Å². The normalized spacial score (nSPS) is 17.4. The summed E-state index contributed by atoms with van der Waals surface area (Å²) in [5.74, 6) is -0.901. The molecular formula is C22H22ClFN2O6S. The molecule has 11 heteroatoms. The predicted molar refractivity (Wildman–Crippen MR) is 119 cm³/mol. The standard InChI is InChI=1S/C22H22ClFN2O6S/c1-22(26-21(28)13-32-16-5-8-18(23)19(24)9-16)10-14(11-22)25-20(27)12-31-15-3-6-17(7-4-15)33(2,29)30/h3-10H,11-13H2,1-2H3,(H,25,27)(H,26,28). The van der Waals surface area contributed by atoms with Gasteiger partial charge in [0, 0.05) is 24.4 Å². The highest BCUT2D eigenvalue weighted by atomic mass is 35.5. The van der Waals surface area contributed by atoms with Gasteiger partial charge in [0.2, 0.25) is 0 Å². The van der Waals surface area contributed by atoms with E-state index in [0.29, 0.717) is 17.9 Å². The third-order valence-corrected chi connectivity index (χ3v) is 6.09. The molecule has 3 rings (SSSR count). The summed E-state index contributed by atoms with van der Waals surface area (Å²) in [6, 6.07) is 9.63. The summed E-state index contributed by atoms with van der Waals surface area (Å²) in [5, 5.41) is 5.42. The molecule has 0 saturated heterocycles. The summed E-state index contributed by atoms with van der Waals surface area (Å²) < 4.78 is 46.9. The summed E-state index contributed by atoms with van der Waals surface area (Å²) >= 11 is 5.60. The number of benzene rings is 2. The number of hydrogen-bond acceptors (Lipinski definition) is 6. The van der Waals surface area contributed by atoms with Crippen molar-refractivity contribution in [2.24, 2.45) is 0 Å². The van der Waals surface area contributed by atoms with Crippen molar-refractivity contribution in [3.05, 3.63) is 65.1 Å². The van der Waals surface area contributed by atoms with Crippen molar-refractivity contribution >= 4 is 33.3 Å². The van der Waals surface area contributed by atoms with Crippen molar-refractivity contribution in [1.29, 1.82) is 0 Å². The first-order valence-corrected chi connectivity index (χ1v) is 12.0. The Morgan fingerprint density at radius 2 is 1.64 bits per heavy atom. The fraction of sp³-hybridized carbons (Fsp3) is 0.273. The van der Waals surface area contributed by atoms with E-state index in [9.17, 15) is 22.4 Å². The third-order valence-electron chi connectivity index (χ3n) is 4.66. The van der Waals surface area contributed by atoms with Crippen LogP contribution in [0.2, 0.25) is 5.02 Å². The van der Waals surface area contributed by atoms with E-state index in [2.05, 4.69) is 10.6 Å². The lowest BCUT2D eigenvalue weighted by Gasteiger charge is -2.37. The second kappa shape index (κ2) is 9.80. The maximum absolute atomic E-state index is 13.4. The Bertz CT molecular complexity index is 1200. The van der Waals surface area contributed by atoms with Crippen LogP contribution in [-0.2, 0) is 19.4 Å². The van der Waals surface area contributed by atoms with E-state index >= 15 is 0 Å². The van der Waals surface area contributed by atoms with Crippen molar-refractivity contribution < 1.29 is 31.9 Å². The number of ether oxygens (including phenoxy) is 2. The molecule has 0 radical (unpaired) electrons. The van der Waals surface area contributed by atoms with Crippen LogP contribution >= 0.6 is 11.6 Å². The summed E-state index contributed by atoms with van der Waals surface area (Å²) in [6.45, 7) is 1.21. The number of sulfone groups is 1. The molecule has 33 heavy (non-hydrogen) atoms. The molecule has 0 heterocycles. The Balaban J connectivity index is 1.41. The molecule has 0 saturated carbocycles. The van der Waals surface area contributed by atoms with Crippen molar-refractivity contribution in [2.45, 2.75) is 23.8 Å². The molecule has 1 aliphatic rings. The molecule has 0 aliphatic heterocycles. The topological polar surface area (TPSA) is 111 Å². The molecule has 2 amide bonds. The average Bonchev–Trinajstić information content (AvgIpc) is 2.71.